The number of methoxy groups -OCH3 is 3. The van der Waals surface area contributed by atoms with Gasteiger partial charge < -0.3 is 28.4 Å². The summed E-state index contributed by atoms with van der Waals surface area (Å²) in [5.41, 5.74) is 3.23. The molecular formula is C27H32N2O6. The molecule has 2 heterocycles. The summed E-state index contributed by atoms with van der Waals surface area (Å²) in [6, 6.07) is 6.59. The van der Waals surface area contributed by atoms with Gasteiger partial charge in [-0.1, -0.05) is 0 Å². The molecule has 3 aromatic rings. The minimum absolute atomic E-state index is 0.0920. The minimum Gasteiger partial charge on any atom is -0.493 e. The Morgan fingerprint density at radius 1 is 0.943 bits per heavy atom. The van der Waals surface area contributed by atoms with Crippen LogP contribution in [0.2, 0.25) is 0 Å². The number of benzene rings is 2. The molecule has 0 aliphatic carbocycles. The highest BCUT2D eigenvalue weighted by Crippen LogP contribution is 2.45. The molecule has 0 bridgehead atoms. The molecule has 0 fully saturated rings. The second kappa shape index (κ2) is 9.62. The van der Waals surface area contributed by atoms with Crippen LogP contribution in [0.15, 0.2) is 33.5 Å². The fourth-order valence-electron chi connectivity index (χ4n) is 4.67. The summed E-state index contributed by atoms with van der Waals surface area (Å²) in [5, 5.41) is 0.465. The molecule has 1 aliphatic rings. The molecule has 1 aromatic heterocycles. The van der Waals surface area contributed by atoms with E-state index in [1.807, 2.05) is 40.1 Å². The van der Waals surface area contributed by atoms with Gasteiger partial charge in [-0.25, -0.2) is 0 Å². The molecule has 0 spiro atoms. The highest BCUT2D eigenvalue weighted by molar-refractivity contribution is 5.99. The lowest BCUT2D eigenvalue weighted by molar-refractivity contribution is 0.0721. The lowest BCUT2D eigenvalue weighted by atomic mass is 9.96. The first kappa shape index (κ1) is 24.6. The van der Waals surface area contributed by atoms with Gasteiger partial charge in [0.05, 0.1) is 38.3 Å². The number of amides is 1. The predicted octanol–water partition coefficient (Wildman–Crippen LogP) is 3.93. The van der Waals surface area contributed by atoms with Crippen molar-refractivity contribution in [3.05, 3.63) is 62.5 Å². The Morgan fingerprint density at radius 3 is 2.14 bits per heavy atom. The van der Waals surface area contributed by atoms with Gasteiger partial charge in [0.1, 0.15) is 5.58 Å². The molecule has 2 aromatic carbocycles. The third kappa shape index (κ3) is 4.23. The van der Waals surface area contributed by atoms with Crippen LogP contribution in [-0.2, 0) is 0 Å². The van der Waals surface area contributed by atoms with Gasteiger partial charge in [0.25, 0.3) is 5.91 Å². The summed E-state index contributed by atoms with van der Waals surface area (Å²) in [4.78, 5) is 31.2. The van der Waals surface area contributed by atoms with Gasteiger partial charge in [-0.15, -0.1) is 0 Å². The molecule has 8 heteroatoms. The Labute approximate surface area is 205 Å². The fourth-order valence-corrected chi connectivity index (χ4v) is 4.67. The third-order valence-electron chi connectivity index (χ3n) is 6.59. The van der Waals surface area contributed by atoms with E-state index in [0.29, 0.717) is 45.9 Å². The molecule has 0 unspecified atom stereocenters. The van der Waals surface area contributed by atoms with E-state index >= 15 is 0 Å². The molecule has 186 valence electrons. The van der Waals surface area contributed by atoms with Crippen LogP contribution >= 0.6 is 0 Å². The standard InChI is InChI=1S/C27H32N2O6/c1-15-11-18-19(12-16(15)2)35-26-22(24(18)30)23(29(27(26)31)10-8-9-28(3)4)17-13-20(32-5)25(34-7)21(14-17)33-6/h11-14,23H,8-10H2,1-7H3/t23-/m0/s1. The Kier molecular flexibility index (Phi) is 6.76. The largest absolute Gasteiger partial charge is 0.493 e. The van der Waals surface area contributed by atoms with Crippen LogP contribution in [0.1, 0.15) is 45.3 Å². The van der Waals surface area contributed by atoms with Crippen molar-refractivity contribution in [2.45, 2.75) is 26.3 Å². The van der Waals surface area contributed by atoms with Gasteiger partial charge in [-0.3, -0.25) is 9.59 Å². The van der Waals surface area contributed by atoms with E-state index in [0.717, 1.165) is 24.1 Å². The molecule has 4 rings (SSSR count). The number of hydrogen-bond donors (Lipinski definition) is 0. The first-order valence-corrected chi connectivity index (χ1v) is 11.5. The van der Waals surface area contributed by atoms with Crippen LogP contribution in [0.3, 0.4) is 0 Å². The summed E-state index contributed by atoms with van der Waals surface area (Å²) in [6.45, 7) is 5.16. The van der Waals surface area contributed by atoms with Gasteiger partial charge in [-0.05, 0) is 81.9 Å². The van der Waals surface area contributed by atoms with E-state index in [1.54, 1.807) is 17.0 Å². The number of carbonyl (C=O) groups is 1. The maximum atomic E-state index is 13.8. The average molecular weight is 481 g/mol. The van der Waals surface area contributed by atoms with Crippen molar-refractivity contribution in [2.24, 2.45) is 0 Å². The average Bonchev–Trinajstić information content (AvgIpc) is 3.11. The summed E-state index contributed by atoms with van der Waals surface area (Å²) in [6.07, 6.45) is 0.736. The minimum atomic E-state index is -0.643. The van der Waals surface area contributed by atoms with Crippen LogP contribution in [-0.4, -0.2) is 64.2 Å². The highest BCUT2D eigenvalue weighted by Gasteiger charge is 2.43. The van der Waals surface area contributed by atoms with Crippen molar-refractivity contribution in [1.29, 1.82) is 0 Å². The van der Waals surface area contributed by atoms with Gasteiger partial charge in [0.2, 0.25) is 11.5 Å². The van der Waals surface area contributed by atoms with Crippen molar-refractivity contribution < 1.29 is 23.4 Å². The van der Waals surface area contributed by atoms with Crippen molar-refractivity contribution in [1.82, 2.24) is 9.80 Å². The number of ether oxygens (including phenoxy) is 3. The first-order chi connectivity index (χ1) is 16.7. The van der Waals surface area contributed by atoms with Crippen molar-refractivity contribution in [3.8, 4) is 17.2 Å². The van der Waals surface area contributed by atoms with Crippen molar-refractivity contribution in [2.75, 3.05) is 48.5 Å². The van der Waals surface area contributed by atoms with Crippen LogP contribution in [0, 0.1) is 13.8 Å². The zero-order valence-corrected chi connectivity index (χ0v) is 21.4. The Hall–Kier alpha value is -3.52. The van der Waals surface area contributed by atoms with Crippen LogP contribution in [0.4, 0.5) is 0 Å². The monoisotopic (exact) mass is 480 g/mol. The molecule has 1 atom stereocenters. The molecule has 0 saturated carbocycles. The summed E-state index contributed by atoms with van der Waals surface area (Å²) in [5.74, 6) is 1.14. The fraction of sp³-hybridized carbons (Fsp3) is 0.407. The molecular weight excluding hydrogens is 448 g/mol. The summed E-state index contributed by atoms with van der Waals surface area (Å²) < 4.78 is 22.7. The normalized spacial score (nSPS) is 15.1. The van der Waals surface area contributed by atoms with E-state index < -0.39 is 6.04 Å². The van der Waals surface area contributed by atoms with Crippen LogP contribution < -0.4 is 19.6 Å². The zero-order chi connectivity index (χ0) is 25.4. The van der Waals surface area contributed by atoms with E-state index in [4.69, 9.17) is 18.6 Å². The lowest BCUT2D eigenvalue weighted by Gasteiger charge is -2.27. The quantitative estimate of drug-likeness (QED) is 0.483. The zero-order valence-electron chi connectivity index (χ0n) is 21.4. The lowest BCUT2D eigenvalue weighted by Crippen LogP contribution is -2.32. The second-order valence-corrected chi connectivity index (χ2v) is 9.12. The third-order valence-corrected chi connectivity index (χ3v) is 6.59. The predicted molar refractivity (Wildman–Crippen MR) is 134 cm³/mol. The maximum Gasteiger partial charge on any atom is 0.290 e. The molecule has 1 amide bonds. The van der Waals surface area contributed by atoms with Gasteiger partial charge >= 0.3 is 0 Å². The Bertz CT molecular complexity index is 1320. The molecule has 1 aliphatic heterocycles. The van der Waals surface area contributed by atoms with Crippen LogP contribution in [0.5, 0.6) is 17.2 Å². The number of carbonyl (C=O) groups excluding carboxylic acids is 1. The summed E-state index contributed by atoms with van der Waals surface area (Å²) in [7, 11) is 8.58. The molecule has 0 N–H and O–H groups in total. The van der Waals surface area contributed by atoms with E-state index in [9.17, 15) is 9.59 Å². The molecule has 8 nitrogen and oxygen atoms in total. The Balaban J connectivity index is 1.96. The number of rotatable bonds is 8. The Morgan fingerprint density at radius 2 is 1.57 bits per heavy atom. The molecule has 0 saturated heterocycles. The van der Waals surface area contributed by atoms with Gasteiger partial charge in [0, 0.05) is 6.54 Å². The number of aryl methyl sites for hydroxylation is 2. The SMILES string of the molecule is COc1cc([C@H]2c3c(oc4cc(C)c(C)cc4c3=O)C(=O)N2CCCN(C)C)cc(OC)c1OC. The van der Waals surface area contributed by atoms with Crippen molar-refractivity contribution in [3.63, 3.8) is 0 Å². The highest BCUT2D eigenvalue weighted by atomic mass is 16.5. The summed E-state index contributed by atoms with van der Waals surface area (Å²) >= 11 is 0. The second-order valence-electron chi connectivity index (χ2n) is 9.12. The maximum absolute atomic E-state index is 13.8. The first-order valence-electron chi connectivity index (χ1n) is 11.5. The number of hydrogen-bond acceptors (Lipinski definition) is 7. The smallest absolute Gasteiger partial charge is 0.290 e. The van der Waals surface area contributed by atoms with E-state index in [2.05, 4.69) is 4.90 Å². The van der Waals surface area contributed by atoms with Gasteiger partial charge in [-0.2, -0.15) is 0 Å². The number of fused-ring (bicyclic) bond motifs is 2. The topological polar surface area (TPSA) is 81.5 Å². The molecule has 35 heavy (non-hydrogen) atoms. The van der Waals surface area contributed by atoms with Gasteiger partial charge in [0.15, 0.2) is 16.9 Å². The number of nitrogens with zero attached hydrogens (tertiary/aromatic N) is 2. The van der Waals surface area contributed by atoms with Crippen LogP contribution in [0.25, 0.3) is 11.0 Å². The molecule has 0 radical (unpaired) electrons. The van der Waals surface area contributed by atoms with E-state index in [-0.39, 0.29) is 17.1 Å². The van der Waals surface area contributed by atoms with Crippen molar-refractivity contribution >= 4 is 16.9 Å². The van der Waals surface area contributed by atoms with E-state index in [1.165, 1.54) is 21.3 Å².